The second-order valence-electron chi connectivity index (χ2n) is 8.57. The lowest BCUT2D eigenvalue weighted by atomic mass is 9.79. The number of nitrogens with zero attached hydrogens (tertiary/aromatic N) is 1. The molecule has 174 valence electrons. The number of halogens is 1. The standard InChI is InChI=1S/C26H28FNO5/c1-16(29)28(2)20-9-10-23(31-3)22(13-20)18-14-26(33-15-18)12-11-21(25(30)32-4)24(26)17-5-7-19(27)8-6-17/h5-10,13-14,21,24H,11-12,15H2,1-4H3/t21-,24+,26+/m0/s1. The molecule has 0 saturated heterocycles. The zero-order chi connectivity index (χ0) is 23.8. The number of amides is 1. The molecular weight excluding hydrogens is 425 g/mol. The van der Waals surface area contributed by atoms with Crippen LogP contribution in [0.1, 0.15) is 36.8 Å². The molecule has 0 bridgehead atoms. The highest BCUT2D eigenvalue weighted by Gasteiger charge is 2.54. The van der Waals surface area contributed by atoms with Crippen LogP contribution in [0.25, 0.3) is 5.57 Å². The second-order valence-corrected chi connectivity index (χ2v) is 8.57. The van der Waals surface area contributed by atoms with Crippen LogP contribution < -0.4 is 9.64 Å². The second kappa shape index (κ2) is 8.98. The van der Waals surface area contributed by atoms with Crippen molar-refractivity contribution in [3.05, 3.63) is 65.5 Å². The number of carbonyl (C=O) groups excluding carboxylic acids is 2. The van der Waals surface area contributed by atoms with E-state index in [9.17, 15) is 14.0 Å². The van der Waals surface area contributed by atoms with Gasteiger partial charge in [-0.2, -0.15) is 0 Å². The molecule has 2 aromatic carbocycles. The smallest absolute Gasteiger partial charge is 0.309 e. The monoisotopic (exact) mass is 453 g/mol. The highest BCUT2D eigenvalue weighted by Crippen LogP contribution is 2.54. The van der Waals surface area contributed by atoms with Crippen LogP contribution >= 0.6 is 0 Å². The van der Waals surface area contributed by atoms with Gasteiger partial charge in [0, 0.05) is 31.1 Å². The van der Waals surface area contributed by atoms with Crippen LogP contribution in [-0.4, -0.2) is 45.4 Å². The van der Waals surface area contributed by atoms with Crippen molar-refractivity contribution >= 4 is 23.1 Å². The molecule has 1 amide bonds. The number of anilines is 1. The Hall–Kier alpha value is -3.19. The molecule has 1 aliphatic heterocycles. The number of methoxy groups -OCH3 is 2. The van der Waals surface area contributed by atoms with Gasteiger partial charge in [-0.3, -0.25) is 9.59 Å². The molecule has 2 aromatic rings. The van der Waals surface area contributed by atoms with Crippen molar-refractivity contribution in [2.75, 3.05) is 32.8 Å². The number of carbonyl (C=O) groups is 2. The summed E-state index contributed by atoms with van der Waals surface area (Å²) in [5.74, 6) is -0.740. The van der Waals surface area contributed by atoms with Crippen molar-refractivity contribution in [2.24, 2.45) is 5.92 Å². The average molecular weight is 454 g/mol. The fourth-order valence-corrected chi connectivity index (χ4v) is 5.04. The van der Waals surface area contributed by atoms with Gasteiger partial charge < -0.3 is 19.1 Å². The molecule has 0 radical (unpaired) electrons. The molecule has 6 nitrogen and oxygen atoms in total. The number of rotatable bonds is 5. The molecule has 0 unspecified atom stereocenters. The summed E-state index contributed by atoms with van der Waals surface area (Å²) in [6.45, 7) is 1.84. The van der Waals surface area contributed by atoms with Crippen molar-refractivity contribution in [1.82, 2.24) is 0 Å². The Morgan fingerprint density at radius 1 is 1.15 bits per heavy atom. The van der Waals surface area contributed by atoms with Gasteiger partial charge in [0.05, 0.1) is 32.3 Å². The molecule has 2 aliphatic rings. The zero-order valence-corrected chi connectivity index (χ0v) is 19.3. The Morgan fingerprint density at radius 2 is 1.88 bits per heavy atom. The SMILES string of the molecule is COC(=O)[C@H]1CC[C@@]2(C=C(c3cc(N(C)C(C)=O)ccc3OC)CO2)[C@@H]1c1ccc(F)cc1. The van der Waals surface area contributed by atoms with E-state index >= 15 is 0 Å². The van der Waals surface area contributed by atoms with Gasteiger partial charge >= 0.3 is 5.97 Å². The van der Waals surface area contributed by atoms with Crippen LogP contribution in [0.5, 0.6) is 5.75 Å². The summed E-state index contributed by atoms with van der Waals surface area (Å²) in [5, 5.41) is 0. The van der Waals surface area contributed by atoms with Crippen molar-refractivity contribution in [1.29, 1.82) is 0 Å². The molecule has 1 heterocycles. The highest BCUT2D eigenvalue weighted by molar-refractivity contribution is 5.92. The predicted octanol–water partition coefficient (Wildman–Crippen LogP) is 4.34. The first-order chi connectivity index (χ1) is 15.8. The molecule has 1 aliphatic carbocycles. The maximum atomic E-state index is 13.6. The topological polar surface area (TPSA) is 65.1 Å². The average Bonchev–Trinajstić information content (AvgIpc) is 3.42. The molecular formula is C26H28FNO5. The van der Waals surface area contributed by atoms with Crippen LogP contribution in [0, 0.1) is 11.7 Å². The molecule has 1 fully saturated rings. The van der Waals surface area contributed by atoms with Gasteiger partial charge in [0.15, 0.2) is 0 Å². The first kappa shape index (κ1) is 23.0. The van der Waals surface area contributed by atoms with E-state index in [0.29, 0.717) is 25.2 Å². The number of esters is 1. The van der Waals surface area contributed by atoms with E-state index in [-0.39, 0.29) is 23.6 Å². The third-order valence-electron chi connectivity index (χ3n) is 6.81. The van der Waals surface area contributed by atoms with E-state index in [1.54, 1.807) is 31.2 Å². The van der Waals surface area contributed by atoms with Gasteiger partial charge in [-0.25, -0.2) is 4.39 Å². The van der Waals surface area contributed by atoms with Gasteiger partial charge in [-0.05, 0) is 60.4 Å². The summed E-state index contributed by atoms with van der Waals surface area (Å²) in [4.78, 5) is 26.1. The predicted molar refractivity (Wildman–Crippen MR) is 123 cm³/mol. The van der Waals surface area contributed by atoms with Crippen molar-refractivity contribution in [3.8, 4) is 5.75 Å². The molecule has 4 rings (SSSR count). The van der Waals surface area contributed by atoms with E-state index in [4.69, 9.17) is 14.2 Å². The maximum Gasteiger partial charge on any atom is 0.309 e. The molecule has 1 saturated carbocycles. The molecule has 3 atom stereocenters. The van der Waals surface area contributed by atoms with Crippen LogP contribution in [0.2, 0.25) is 0 Å². The minimum atomic E-state index is -0.723. The Bertz CT molecular complexity index is 1100. The van der Waals surface area contributed by atoms with Crippen LogP contribution in [0.4, 0.5) is 10.1 Å². The van der Waals surface area contributed by atoms with E-state index in [0.717, 1.165) is 22.4 Å². The minimum absolute atomic E-state index is 0.0766. The third-order valence-corrected chi connectivity index (χ3v) is 6.81. The van der Waals surface area contributed by atoms with Gasteiger partial charge in [0.25, 0.3) is 0 Å². The number of ether oxygens (including phenoxy) is 3. The number of benzene rings is 2. The summed E-state index contributed by atoms with van der Waals surface area (Å²) in [7, 11) is 4.70. The van der Waals surface area contributed by atoms with Crippen molar-refractivity contribution in [2.45, 2.75) is 31.3 Å². The Labute approximate surface area is 192 Å². The normalized spacial score (nSPS) is 24.0. The van der Waals surface area contributed by atoms with E-state index in [1.165, 1.54) is 26.2 Å². The fourth-order valence-electron chi connectivity index (χ4n) is 5.04. The largest absolute Gasteiger partial charge is 0.496 e. The quantitative estimate of drug-likeness (QED) is 0.631. The van der Waals surface area contributed by atoms with Crippen LogP contribution in [0.3, 0.4) is 0 Å². The maximum absolute atomic E-state index is 13.6. The Balaban J connectivity index is 1.78. The van der Waals surface area contributed by atoms with Gasteiger partial charge in [0.1, 0.15) is 11.6 Å². The summed E-state index contributed by atoms with van der Waals surface area (Å²) in [6.07, 6.45) is 3.30. The lowest BCUT2D eigenvalue weighted by molar-refractivity contribution is -0.146. The third kappa shape index (κ3) is 4.13. The van der Waals surface area contributed by atoms with Gasteiger partial charge in [-0.15, -0.1) is 0 Å². The van der Waals surface area contributed by atoms with E-state index in [1.807, 2.05) is 18.2 Å². The van der Waals surface area contributed by atoms with Crippen LogP contribution in [0.15, 0.2) is 48.5 Å². The number of hydrogen-bond donors (Lipinski definition) is 0. The first-order valence-electron chi connectivity index (χ1n) is 10.9. The Kier molecular flexibility index (Phi) is 6.26. The molecule has 33 heavy (non-hydrogen) atoms. The molecule has 0 aromatic heterocycles. The molecule has 1 spiro atoms. The summed E-state index contributed by atoms with van der Waals surface area (Å²) < 4.78 is 30.7. The van der Waals surface area contributed by atoms with Gasteiger partial charge in [0.2, 0.25) is 5.91 Å². The van der Waals surface area contributed by atoms with Crippen molar-refractivity contribution < 1.29 is 28.2 Å². The summed E-state index contributed by atoms with van der Waals surface area (Å²) in [6, 6.07) is 11.8. The first-order valence-corrected chi connectivity index (χ1v) is 10.9. The Morgan fingerprint density at radius 3 is 2.52 bits per heavy atom. The lowest BCUT2D eigenvalue weighted by Crippen LogP contribution is -2.34. The van der Waals surface area contributed by atoms with E-state index in [2.05, 4.69) is 6.08 Å². The number of hydrogen-bond acceptors (Lipinski definition) is 5. The van der Waals surface area contributed by atoms with Crippen LogP contribution in [-0.2, 0) is 19.1 Å². The van der Waals surface area contributed by atoms with Gasteiger partial charge in [-0.1, -0.05) is 12.1 Å². The minimum Gasteiger partial charge on any atom is -0.496 e. The molecule has 0 N–H and O–H groups in total. The summed E-state index contributed by atoms with van der Waals surface area (Å²) >= 11 is 0. The fraction of sp³-hybridized carbons (Fsp3) is 0.385. The zero-order valence-electron chi connectivity index (χ0n) is 19.3. The summed E-state index contributed by atoms with van der Waals surface area (Å²) in [5.41, 5.74) is 2.61. The molecule has 7 heteroatoms. The highest BCUT2D eigenvalue weighted by atomic mass is 19.1. The van der Waals surface area contributed by atoms with Crippen molar-refractivity contribution in [3.63, 3.8) is 0 Å². The lowest BCUT2D eigenvalue weighted by Gasteiger charge is -2.31. The van der Waals surface area contributed by atoms with E-state index < -0.39 is 11.5 Å².